The van der Waals surface area contributed by atoms with Crippen molar-refractivity contribution in [1.82, 2.24) is 4.90 Å². The Labute approximate surface area is 137 Å². The normalized spacial score (nSPS) is 22.8. The van der Waals surface area contributed by atoms with Gasteiger partial charge in [0.25, 0.3) is 5.91 Å². The van der Waals surface area contributed by atoms with Gasteiger partial charge in [0.05, 0.1) is 6.04 Å². The van der Waals surface area contributed by atoms with Crippen LogP contribution in [0.2, 0.25) is 0 Å². The summed E-state index contributed by atoms with van der Waals surface area (Å²) in [6.45, 7) is 7.74. The van der Waals surface area contributed by atoms with Gasteiger partial charge in [-0.15, -0.1) is 6.58 Å². The highest BCUT2D eigenvalue weighted by Gasteiger charge is 2.49. The van der Waals surface area contributed by atoms with Crippen molar-refractivity contribution in [2.45, 2.75) is 31.7 Å². The van der Waals surface area contributed by atoms with Crippen molar-refractivity contribution in [2.75, 3.05) is 0 Å². The maximum absolute atomic E-state index is 13.1. The predicted octanol–water partition coefficient (Wildman–Crippen LogP) is 4.19. The molecule has 0 spiro atoms. The number of carbonyl (C=O) groups excluding carboxylic acids is 1. The van der Waals surface area contributed by atoms with Gasteiger partial charge in [0.15, 0.2) is 0 Å². The quantitative estimate of drug-likeness (QED) is 0.796. The van der Waals surface area contributed by atoms with Crippen molar-refractivity contribution in [1.29, 1.82) is 0 Å². The Morgan fingerprint density at radius 2 is 1.65 bits per heavy atom. The summed E-state index contributed by atoms with van der Waals surface area (Å²) in [6, 6.07) is 19.1. The third-order valence-electron chi connectivity index (χ3n) is 4.21. The molecule has 2 aromatic carbocycles. The molecule has 3 heteroatoms. The lowest BCUT2D eigenvalue weighted by atomic mass is 9.99. The highest BCUT2D eigenvalue weighted by Crippen LogP contribution is 2.42. The zero-order chi connectivity index (χ0) is 16.4. The van der Waals surface area contributed by atoms with Crippen LogP contribution in [-0.4, -0.2) is 22.6 Å². The number of ether oxygens (including phenoxy) is 1. The number of nitrogens with zero attached hydrogens (tertiary/aromatic N) is 1. The maximum atomic E-state index is 13.1. The molecule has 3 nitrogen and oxygen atoms in total. The van der Waals surface area contributed by atoms with E-state index in [0.717, 1.165) is 5.56 Å². The molecule has 1 fully saturated rings. The van der Waals surface area contributed by atoms with Gasteiger partial charge in [0.1, 0.15) is 11.8 Å². The first-order valence-corrected chi connectivity index (χ1v) is 7.78. The first-order chi connectivity index (χ1) is 11.0. The van der Waals surface area contributed by atoms with Gasteiger partial charge in [-0.25, -0.2) is 0 Å². The third kappa shape index (κ3) is 2.80. The molecule has 2 aromatic rings. The van der Waals surface area contributed by atoms with E-state index in [2.05, 4.69) is 6.58 Å². The summed E-state index contributed by atoms with van der Waals surface area (Å²) in [6.07, 6.45) is 1.54. The molecule has 0 aromatic heterocycles. The van der Waals surface area contributed by atoms with E-state index in [0.29, 0.717) is 5.56 Å². The van der Waals surface area contributed by atoms with Crippen molar-refractivity contribution in [3.8, 4) is 0 Å². The molecule has 23 heavy (non-hydrogen) atoms. The van der Waals surface area contributed by atoms with Crippen molar-refractivity contribution in [3.63, 3.8) is 0 Å². The number of hydrogen-bond acceptors (Lipinski definition) is 2. The zero-order valence-corrected chi connectivity index (χ0v) is 13.5. The van der Waals surface area contributed by atoms with Crippen LogP contribution in [0.25, 0.3) is 0 Å². The number of rotatable bonds is 3. The molecular weight excluding hydrogens is 286 g/mol. The van der Waals surface area contributed by atoms with Crippen LogP contribution in [0.4, 0.5) is 0 Å². The van der Waals surface area contributed by atoms with Crippen molar-refractivity contribution >= 4 is 5.91 Å². The van der Waals surface area contributed by atoms with Crippen LogP contribution in [0.1, 0.15) is 35.8 Å². The molecule has 0 aliphatic carbocycles. The summed E-state index contributed by atoms with van der Waals surface area (Å²) in [5, 5.41) is 0. The number of carbonyl (C=O) groups is 1. The molecule has 1 aliphatic heterocycles. The molecule has 0 radical (unpaired) electrons. The second-order valence-electron chi connectivity index (χ2n) is 6.16. The van der Waals surface area contributed by atoms with Gasteiger partial charge in [-0.3, -0.25) is 4.79 Å². The molecule has 0 saturated carbocycles. The van der Waals surface area contributed by atoms with Crippen LogP contribution < -0.4 is 0 Å². The predicted molar refractivity (Wildman–Crippen MR) is 90.9 cm³/mol. The highest BCUT2D eigenvalue weighted by molar-refractivity contribution is 5.95. The van der Waals surface area contributed by atoms with Crippen LogP contribution >= 0.6 is 0 Å². The molecule has 2 atom stereocenters. The maximum Gasteiger partial charge on any atom is 0.256 e. The summed E-state index contributed by atoms with van der Waals surface area (Å²) < 4.78 is 6.11. The minimum atomic E-state index is -0.702. The Balaban J connectivity index is 2.06. The van der Waals surface area contributed by atoms with Gasteiger partial charge >= 0.3 is 0 Å². The second-order valence-corrected chi connectivity index (χ2v) is 6.16. The zero-order valence-electron chi connectivity index (χ0n) is 13.5. The minimum Gasteiger partial charge on any atom is -0.346 e. The van der Waals surface area contributed by atoms with Crippen LogP contribution in [0, 0.1) is 0 Å². The average molecular weight is 307 g/mol. The molecule has 118 valence electrons. The SMILES string of the molecule is C=CC1OC(C)(C)N(C(=O)c2ccccc2)[C@H]1c1ccccc1. The third-order valence-corrected chi connectivity index (χ3v) is 4.21. The summed E-state index contributed by atoms with van der Waals surface area (Å²) in [5.41, 5.74) is 1.01. The Morgan fingerprint density at radius 1 is 1.09 bits per heavy atom. The van der Waals surface area contributed by atoms with Gasteiger partial charge in [-0.2, -0.15) is 0 Å². The molecule has 3 rings (SSSR count). The molecule has 1 aliphatic rings. The van der Waals surface area contributed by atoms with Gasteiger partial charge < -0.3 is 9.64 Å². The van der Waals surface area contributed by atoms with E-state index >= 15 is 0 Å². The van der Waals surface area contributed by atoms with Crippen molar-refractivity contribution in [2.24, 2.45) is 0 Å². The van der Waals surface area contributed by atoms with Crippen molar-refractivity contribution in [3.05, 3.63) is 84.4 Å². The second kappa shape index (κ2) is 6.01. The molecular formula is C20H21NO2. The lowest BCUT2D eigenvalue weighted by Gasteiger charge is -2.34. The summed E-state index contributed by atoms with van der Waals surface area (Å²) in [4.78, 5) is 14.9. The highest BCUT2D eigenvalue weighted by atomic mass is 16.5. The fourth-order valence-corrected chi connectivity index (χ4v) is 3.19. The topological polar surface area (TPSA) is 29.5 Å². The largest absolute Gasteiger partial charge is 0.346 e. The van der Waals surface area contributed by atoms with E-state index in [1.807, 2.05) is 79.4 Å². The molecule has 0 bridgehead atoms. The fourth-order valence-electron chi connectivity index (χ4n) is 3.19. The first-order valence-electron chi connectivity index (χ1n) is 7.78. The van der Waals surface area contributed by atoms with E-state index in [-0.39, 0.29) is 18.1 Å². The Hall–Kier alpha value is -2.39. The standard InChI is InChI=1S/C20H21NO2/c1-4-17-18(15-11-7-5-8-12-15)21(20(2,3)23-17)19(22)16-13-9-6-10-14-16/h4-14,17-18H,1H2,2-3H3/t17?,18-/m0/s1. The monoisotopic (exact) mass is 307 g/mol. The number of hydrogen-bond donors (Lipinski definition) is 0. The Bertz CT molecular complexity index is 694. The van der Waals surface area contributed by atoms with E-state index in [4.69, 9.17) is 4.74 Å². The van der Waals surface area contributed by atoms with Gasteiger partial charge in [-0.05, 0) is 31.5 Å². The van der Waals surface area contributed by atoms with E-state index in [1.54, 1.807) is 6.08 Å². The summed E-state index contributed by atoms with van der Waals surface area (Å²) in [7, 11) is 0. The lowest BCUT2D eigenvalue weighted by molar-refractivity contribution is -0.0540. The molecule has 1 saturated heterocycles. The summed E-state index contributed by atoms with van der Waals surface area (Å²) in [5.74, 6) is -0.0335. The van der Waals surface area contributed by atoms with Crippen LogP contribution in [0.3, 0.4) is 0 Å². The number of amides is 1. The molecule has 1 heterocycles. The minimum absolute atomic E-state index is 0.0335. The first kappa shape index (κ1) is 15.5. The van der Waals surface area contributed by atoms with E-state index in [1.165, 1.54) is 0 Å². The van der Waals surface area contributed by atoms with Crippen molar-refractivity contribution < 1.29 is 9.53 Å². The molecule has 1 unspecified atom stereocenters. The van der Waals surface area contributed by atoms with Gasteiger partial charge in [0, 0.05) is 5.56 Å². The van der Waals surface area contributed by atoms with Crippen LogP contribution in [0.5, 0.6) is 0 Å². The smallest absolute Gasteiger partial charge is 0.256 e. The lowest BCUT2D eigenvalue weighted by Crippen LogP contribution is -2.44. The van der Waals surface area contributed by atoms with E-state index < -0.39 is 5.72 Å². The molecule has 1 amide bonds. The Morgan fingerprint density at radius 3 is 2.22 bits per heavy atom. The number of benzene rings is 2. The fraction of sp³-hybridized carbons (Fsp3) is 0.250. The average Bonchev–Trinajstić information content (AvgIpc) is 2.86. The van der Waals surface area contributed by atoms with Gasteiger partial charge in [0.2, 0.25) is 0 Å². The van der Waals surface area contributed by atoms with Gasteiger partial charge in [-0.1, -0.05) is 54.6 Å². The van der Waals surface area contributed by atoms with Crippen LogP contribution in [0.15, 0.2) is 73.3 Å². The summed E-state index contributed by atoms with van der Waals surface area (Å²) >= 11 is 0. The molecule has 0 N–H and O–H groups in total. The Kier molecular flexibility index (Phi) is 4.05. The van der Waals surface area contributed by atoms with E-state index in [9.17, 15) is 4.79 Å². The van der Waals surface area contributed by atoms with Crippen LogP contribution in [-0.2, 0) is 4.74 Å².